The third-order valence-electron chi connectivity index (χ3n) is 6.53. The van der Waals surface area contributed by atoms with Crippen molar-refractivity contribution in [2.75, 3.05) is 13.1 Å². The second-order valence-corrected chi connectivity index (χ2v) is 8.59. The molecule has 1 N–H and O–H groups in total. The van der Waals surface area contributed by atoms with Crippen LogP contribution in [-0.2, 0) is 34.5 Å². The molecule has 4 amide bonds. The minimum atomic E-state index is -1.24. The molecule has 33 heavy (non-hydrogen) atoms. The molecule has 5 rings (SSSR count). The summed E-state index contributed by atoms with van der Waals surface area (Å²) in [7, 11) is 0. The van der Waals surface area contributed by atoms with Crippen LogP contribution in [0.4, 0.5) is 4.79 Å². The molecule has 0 saturated carbocycles. The van der Waals surface area contributed by atoms with E-state index in [1.165, 1.54) is 5.56 Å². The van der Waals surface area contributed by atoms with Gasteiger partial charge in [0.2, 0.25) is 5.91 Å². The number of imide groups is 1. The SMILES string of the molecule is O=C(CN1C(=O)N[C@](Cc2ccccc2)(c2ccccc2)C1=O)N1CCc2ccccc2C1. The monoisotopic (exact) mass is 439 g/mol. The van der Waals surface area contributed by atoms with Gasteiger partial charge in [-0.15, -0.1) is 0 Å². The summed E-state index contributed by atoms with van der Waals surface area (Å²) in [5, 5.41) is 2.92. The normalized spacial score (nSPS) is 19.9. The molecule has 3 aromatic rings. The molecule has 2 aliphatic heterocycles. The molecule has 1 atom stereocenters. The van der Waals surface area contributed by atoms with Crippen LogP contribution in [0, 0.1) is 0 Å². The average Bonchev–Trinajstić information content (AvgIpc) is 3.09. The Balaban J connectivity index is 1.40. The molecule has 0 aliphatic carbocycles. The lowest BCUT2D eigenvalue weighted by atomic mass is 9.83. The van der Waals surface area contributed by atoms with Gasteiger partial charge in [0.1, 0.15) is 6.54 Å². The first-order valence-corrected chi connectivity index (χ1v) is 11.1. The Labute approximate surface area is 192 Å². The number of benzene rings is 3. The largest absolute Gasteiger partial charge is 0.336 e. The number of carbonyl (C=O) groups excluding carboxylic acids is 3. The van der Waals surface area contributed by atoms with Gasteiger partial charge < -0.3 is 10.2 Å². The molecule has 1 fully saturated rings. The van der Waals surface area contributed by atoms with Gasteiger partial charge in [-0.05, 0) is 28.7 Å². The summed E-state index contributed by atoms with van der Waals surface area (Å²) in [6.45, 7) is 0.802. The van der Waals surface area contributed by atoms with Crippen molar-refractivity contribution in [1.29, 1.82) is 0 Å². The van der Waals surface area contributed by atoms with Crippen molar-refractivity contribution in [3.05, 3.63) is 107 Å². The second kappa shape index (κ2) is 8.54. The fourth-order valence-electron chi connectivity index (χ4n) is 4.76. The third-order valence-corrected chi connectivity index (χ3v) is 6.53. The maximum atomic E-state index is 13.7. The van der Waals surface area contributed by atoms with E-state index in [-0.39, 0.29) is 12.5 Å². The van der Waals surface area contributed by atoms with E-state index in [9.17, 15) is 14.4 Å². The summed E-state index contributed by atoms with van der Waals surface area (Å²) in [4.78, 5) is 42.6. The Morgan fingerprint density at radius 3 is 2.21 bits per heavy atom. The number of hydrogen-bond donors (Lipinski definition) is 1. The first kappa shape index (κ1) is 20.9. The first-order valence-electron chi connectivity index (χ1n) is 11.1. The van der Waals surface area contributed by atoms with Gasteiger partial charge in [-0.1, -0.05) is 84.9 Å². The van der Waals surface area contributed by atoms with E-state index in [2.05, 4.69) is 11.4 Å². The van der Waals surface area contributed by atoms with Gasteiger partial charge in [-0.25, -0.2) is 4.79 Å². The molecule has 3 aromatic carbocycles. The number of rotatable bonds is 5. The third kappa shape index (κ3) is 3.89. The van der Waals surface area contributed by atoms with Crippen LogP contribution in [0.1, 0.15) is 22.3 Å². The Kier molecular flexibility index (Phi) is 5.42. The standard InChI is InChI=1S/C27H25N3O3/c31-24(29-16-15-21-11-7-8-12-22(21)18-29)19-30-25(32)27(28-26(30)33,23-13-5-2-6-14-23)17-20-9-3-1-4-10-20/h1-14H,15-19H2,(H,28,33)/t27-/m1/s1. The molecule has 1 saturated heterocycles. The molecule has 6 nitrogen and oxygen atoms in total. The maximum absolute atomic E-state index is 13.7. The molecule has 0 unspecified atom stereocenters. The average molecular weight is 440 g/mol. The molecular formula is C27H25N3O3. The van der Waals surface area contributed by atoms with Crippen LogP contribution in [-0.4, -0.2) is 40.7 Å². The number of fused-ring (bicyclic) bond motifs is 1. The highest BCUT2D eigenvalue weighted by Crippen LogP contribution is 2.33. The summed E-state index contributed by atoms with van der Waals surface area (Å²) in [6, 6.07) is 26.4. The Hall–Kier alpha value is -3.93. The zero-order valence-corrected chi connectivity index (χ0v) is 18.2. The van der Waals surface area contributed by atoms with Gasteiger partial charge in [0.05, 0.1) is 0 Å². The van der Waals surface area contributed by atoms with Crippen LogP contribution in [0.25, 0.3) is 0 Å². The van der Waals surface area contributed by atoms with E-state index in [0.29, 0.717) is 25.1 Å². The molecule has 0 spiro atoms. The van der Waals surface area contributed by atoms with E-state index in [1.807, 2.05) is 78.9 Å². The summed E-state index contributed by atoms with van der Waals surface area (Å²) < 4.78 is 0. The van der Waals surface area contributed by atoms with Crippen molar-refractivity contribution in [2.45, 2.75) is 24.9 Å². The van der Waals surface area contributed by atoms with E-state index in [4.69, 9.17) is 0 Å². The fourth-order valence-corrected chi connectivity index (χ4v) is 4.76. The topological polar surface area (TPSA) is 69.7 Å². The van der Waals surface area contributed by atoms with Crippen molar-refractivity contribution in [3.8, 4) is 0 Å². The first-order chi connectivity index (χ1) is 16.1. The second-order valence-electron chi connectivity index (χ2n) is 8.59. The van der Waals surface area contributed by atoms with Gasteiger partial charge in [0, 0.05) is 19.5 Å². The minimum absolute atomic E-state index is 0.225. The molecule has 0 aromatic heterocycles. The molecule has 0 radical (unpaired) electrons. The maximum Gasteiger partial charge on any atom is 0.325 e. The Morgan fingerprint density at radius 2 is 1.48 bits per heavy atom. The summed E-state index contributed by atoms with van der Waals surface area (Å²) in [5.41, 5.74) is 2.73. The number of carbonyl (C=O) groups is 3. The van der Waals surface area contributed by atoms with Gasteiger partial charge in [0.25, 0.3) is 5.91 Å². The van der Waals surface area contributed by atoms with Gasteiger partial charge in [0.15, 0.2) is 5.54 Å². The molecular weight excluding hydrogens is 414 g/mol. The number of hydrogen-bond acceptors (Lipinski definition) is 3. The van der Waals surface area contributed by atoms with Crippen LogP contribution < -0.4 is 5.32 Å². The van der Waals surface area contributed by atoms with Crippen LogP contribution >= 0.6 is 0 Å². The molecule has 166 valence electrons. The predicted octanol–water partition coefficient (Wildman–Crippen LogP) is 3.26. The number of nitrogens with zero attached hydrogens (tertiary/aromatic N) is 2. The quantitative estimate of drug-likeness (QED) is 0.621. The fraction of sp³-hybridized carbons (Fsp3) is 0.222. The van der Waals surface area contributed by atoms with E-state index in [0.717, 1.165) is 22.4 Å². The summed E-state index contributed by atoms with van der Waals surface area (Å²) in [5.74, 6) is -0.620. The molecule has 2 heterocycles. The van der Waals surface area contributed by atoms with Gasteiger partial charge in [-0.3, -0.25) is 14.5 Å². The molecule has 6 heteroatoms. The highest BCUT2D eigenvalue weighted by Gasteiger charge is 2.53. The zero-order chi connectivity index (χ0) is 22.8. The smallest absolute Gasteiger partial charge is 0.325 e. The van der Waals surface area contributed by atoms with E-state index < -0.39 is 17.5 Å². The van der Waals surface area contributed by atoms with Crippen molar-refractivity contribution >= 4 is 17.8 Å². The van der Waals surface area contributed by atoms with E-state index in [1.54, 1.807) is 4.90 Å². The lowest BCUT2D eigenvalue weighted by molar-refractivity contribution is -0.139. The lowest BCUT2D eigenvalue weighted by Crippen LogP contribution is -2.47. The van der Waals surface area contributed by atoms with Gasteiger partial charge >= 0.3 is 6.03 Å². The highest BCUT2D eigenvalue weighted by molar-refractivity contribution is 6.09. The van der Waals surface area contributed by atoms with Crippen LogP contribution in [0.3, 0.4) is 0 Å². The number of amides is 4. The zero-order valence-electron chi connectivity index (χ0n) is 18.2. The summed E-state index contributed by atoms with van der Waals surface area (Å²) in [6.07, 6.45) is 1.08. The van der Waals surface area contributed by atoms with Crippen molar-refractivity contribution in [3.63, 3.8) is 0 Å². The predicted molar refractivity (Wildman–Crippen MR) is 124 cm³/mol. The molecule has 0 bridgehead atoms. The van der Waals surface area contributed by atoms with Crippen molar-refractivity contribution in [1.82, 2.24) is 15.1 Å². The van der Waals surface area contributed by atoms with Crippen LogP contribution in [0.15, 0.2) is 84.9 Å². The minimum Gasteiger partial charge on any atom is -0.336 e. The Bertz CT molecular complexity index is 1200. The van der Waals surface area contributed by atoms with Crippen molar-refractivity contribution < 1.29 is 14.4 Å². The van der Waals surface area contributed by atoms with Gasteiger partial charge in [-0.2, -0.15) is 0 Å². The number of nitrogens with one attached hydrogen (secondary N) is 1. The van der Waals surface area contributed by atoms with Crippen LogP contribution in [0.2, 0.25) is 0 Å². The lowest BCUT2D eigenvalue weighted by Gasteiger charge is -2.30. The number of urea groups is 1. The molecule has 2 aliphatic rings. The van der Waals surface area contributed by atoms with E-state index >= 15 is 0 Å². The highest BCUT2D eigenvalue weighted by atomic mass is 16.2. The van der Waals surface area contributed by atoms with Crippen LogP contribution in [0.5, 0.6) is 0 Å². The Morgan fingerprint density at radius 1 is 0.848 bits per heavy atom. The van der Waals surface area contributed by atoms with Crippen molar-refractivity contribution in [2.24, 2.45) is 0 Å². The summed E-state index contributed by atoms with van der Waals surface area (Å²) >= 11 is 0.